The van der Waals surface area contributed by atoms with E-state index in [-0.39, 0.29) is 37.1 Å². The molecule has 43 heavy (non-hydrogen) atoms. The van der Waals surface area contributed by atoms with Crippen molar-refractivity contribution in [3.63, 3.8) is 0 Å². The summed E-state index contributed by atoms with van der Waals surface area (Å²) >= 11 is 0. The highest BCUT2D eigenvalue weighted by Crippen LogP contribution is 2.26. The minimum Gasteiger partial charge on any atom is -0.354 e. The van der Waals surface area contributed by atoms with Gasteiger partial charge in [0.15, 0.2) is 5.78 Å². The van der Waals surface area contributed by atoms with Crippen LogP contribution in [0.4, 0.5) is 4.39 Å². The smallest absolute Gasteiger partial charge is 0.243 e. The summed E-state index contributed by atoms with van der Waals surface area (Å²) in [6.45, 7) is 3.48. The number of halogens is 1. The maximum atomic E-state index is 14.5. The van der Waals surface area contributed by atoms with Crippen LogP contribution in [0, 0.1) is 18.8 Å². The van der Waals surface area contributed by atoms with E-state index in [1.165, 1.54) is 17.4 Å². The first-order valence-corrected chi connectivity index (χ1v) is 14.5. The Bertz CT molecular complexity index is 1690. The second-order valence-electron chi connectivity index (χ2n) is 10.9. The number of rotatable bonds is 9. The summed E-state index contributed by atoms with van der Waals surface area (Å²) in [7, 11) is 0. The molecule has 1 fully saturated rings. The van der Waals surface area contributed by atoms with Crippen molar-refractivity contribution in [1.82, 2.24) is 24.8 Å². The maximum Gasteiger partial charge on any atom is 0.243 e. The average molecular weight is 580 g/mol. The van der Waals surface area contributed by atoms with Gasteiger partial charge in [-0.25, -0.2) is 14.4 Å². The minimum absolute atomic E-state index is 0.0270. The first-order valence-electron chi connectivity index (χ1n) is 14.5. The number of aryl methyl sites for hydroxylation is 2. The lowest BCUT2D eigenvalue weighted by Gasteiger charge is -2.24. The molecule has 4 aromatic rings. The zero-order chi connectivity index (χ0) is 30.3. The number of nitrogens with zero attached hydrogens (tertiary/aromatic N) is 4. The second kappa shape index (κ2) is 13.4. The lowest BCUT2D eigenvalue weighted by Crippen LogP contribution is -2.47. The van der Waals surface area contributed by atoms with Gasteiger partial charge in [-0.3, -0.25) is 14.4 Å². The van der Waals surface area contributed by atoms with Crippen LogP contribution in [-0.4, -0.2) is 62.3 Å². The molecule has 0 unspecified atom stereocenters. The number of hydrogen-bond acceptors (Lipinski definition) is 5. The lowest BCUT2D eigenvalue weighted by molar-refractivity contribution is -0.138. The van der Waals surface area contributed by atoms with Crippen molar-refractivity contribution in [3.8, 4) is 11.8 Å². The Morgan fingerprint density at radius 1 is 1.02 bits per heavy atom. The molecular weight excluding hydrogens is 545 g/mol. The van der Waals surface area contributed by atoms with Crippen LogP contribution in [0.1, 0.15) is 59.1 Å². The lowest BCUT2D eigenvalue weighted by atomic mass is 10.1. The summed E-state index contributed by atoms with van der Waals surface area (Å²) in [6.07, 6.45) is 6.26. The van der Waals surface area contributed by atoms with E-state index in [0.29, 0.717) is 40.0 Å². The van der Waals surface area contributed by atoms with Gasteiger partial charge >= 0.3 is 0 Å². The normalized spacial score (nSPS) is 16.1. The highest BCUT2D eigenvalue weighted by atomic mass is 19.1. The molecule has 1 aliphatic rings. The van der Waals surface area contributed by atoms with Gasteiger partial charge in [0.05, 0.1) is 12.1 Å². The summed E-state index contributed by atoms with van der Waals surface area (Å²) in [6, 6.07) is 14.7. The first kappa shape index (κ1) is 29.6. The number of ketones is 1. The molecule has 9 heteroatoms. The van der Waals surface area contributed by atoms with Crippen molar-refractivity contribution in [2.75, 3.05) is 13.1 Å². The van der Waals surface area contributed by atoms with Gasteiger partial charge in [0.25, 0.3) is 0 Å². The largest absolute Gasteiger partial charge is 0.354 e. The maximum absolute atomic E-state index is 14.5. The predicted molar refractivity (Wildman–Crippen MR) is 162 cm³/mol. The topological polar surface area (TPSA) is 97.2 Å². The number of Topliss-reactive ketones (excluding diaryl/α,β-unsaturated/α-hetero) is 1. The standard InChI is InChI=1S/C34H34FN5O3/c1-23(41)30-21-39(31-14-13-26(16-29(30)31)11-12-27-18-37-24(2)38-19-27)22-33(42)40-20-28(35)17-32(40)34(43)36-15-7-6-10-25-8-4-3-5-9-25/h3-5,8-9,13-14,16,18-19,21,28,32H,6-7,10,15,17,20,22H2,1-2H3,(H,36,43)/t28-,32+/m1/s1. The third kappa shape index (κ3) is 7.33. The van der Waals surface area contributed by atoms with Gasteiger partial charge in [0.2, 0.25) is 11.8 Å². The van der Waals surface area contributed by atoms with Crippen molar-refractivity contribution in [1.29, 1.82) is 0 Å². The fraction of sp³-hybridized carbons (Fsp3) is 0.324. The Morgan fingerprint density at radius 2 is 1.77 bits per heavy atom. The molecule has 1 aliphatic heterocycles. The van der Waals surface area contributed by atoms with E-state index in [9.17, 15) is 18.8 Å². The fourth-order valence-corrected chi connectivity index (χ4v) is 5.36. The van der Waals surface area contributed by atoms with Gasteiger partial charge in [-0.15, -0.1) is 0 Å². The van der Waals surface area contributed by atoms with Crippen LogP contribution < -0.4 is 5.32 Å². The predicted octanol–water partition coefficient (Wildman–Crippen LogP) is 4.42. The van der Waals surface area contributed by atoms with Crippen LogP contribution in [0.3, 0.4) is 0 Å². The van der Waals surface area contributed by atoms with Gasteiger partial charge in [-0.2, -0.15) is 0 Å². The molecule has 2 aromatic carbocycles. The number of nitrogens with one attached hydrogen (secondary N) is 1. The third-order valence-corrected chi connectivity index (χ3v) is 7.61. The van der Waals surface area contributed by atoms with E-state index in [4.69, 9.17) is 0 Å². The molecule has 5 rings (SSSR count). The van der Waals surface area contributed by atoms with Crippen molar-refractivity contribution in [2.45, 2.75) is 58.3 Å². The van der Waals surface area contributed by atoms with Crippen LogP contribution in [0.2, 0.25) is 0 Å². The Morgan fingerprint density at radius 3 is 2.51 bits per heavy atom. The zero-order valence-electron chi connectivity index (χ0n) is 24.3. The molecule has 220 valence electrons. The molecule has 0 aliphatic carbocycles. The number of carbonyl (C=O) groups excluding carboxylic acids is 3. The van der Waals surface area contributed by atoms with Crippen molar-refractivity contribution >= 4 is 28.5 Å². The monoisotopic (exact) mass is 579 g/mol. The Labute approximate surface area is 250 Å². The molecule has 2 aromatic heterocycles. The van der Waals surface area contributed by atoms with Crippen LogP contribution in [0.15, 0.2) is 67.1 Å². The molecular formula is C34H34FN5O3. The third-order valence-electron chi connectivity index (χ3n) is 7.61. The average Bonchev–Trinajstić information content (AvgIpc) is 3.57. The number of alkyl halides is 1. The van der Waals surface area contributed by atoms with E-state index >= 15 is 0 Å². The summed E-state index contributed by atoms with van der Waals surface area (Å²) in [5.74, 6) is 5.90. The number of carbonyl (C=O) groups is 3. The summed E-state index contributed by atoms with van der Waals surface area (Å²) < 4.78 is 16.2. The van der Waals surface area contributed by atoms with Crippen LogP contribution >= 0.6 is 0 Å². The van der Waals surface area contributed by atoms with Gasteiger partial charge in [0, 0.05) is 53.6 Å². The molecule has 3 heterocycles. The molecule has 1 N–H and O–H groups in total. The van der Waals surface area contributed by atoms with E-state index in [0.717, 1.165) is 19.3 Å². The van der Waals surface area contributed by atoms with Gasteiger partial charge in [0.1, 0.15) is 24.6 Å². The molecule has 0 bridgehead atoms. The summed E-state index contributed by atoms with van der Waals surface area (Å²) in [4.78, 5) is 48.5. The molecule has 0 radical (unpaired) electrons. The minimum atomic E-state index is -1.27. The van der Waals surface area contributed by atoms with E-state index < -0.39 is 12.2 Å². The molecule has 1 saturated heterocycles. The number of likely N-dealkylation sites (tertiary alicyclic amines) is 1. The van der Waals surface area contributed by atoms with Gasteiger partial charge in [-0.05, 0) is 56.9 Å². The molecule has 2 atom stereocenters. The quantitative estimate of drug-likeness (QED) is 0.180. The molecule has 8 nitrogen and oxygen atoms in total. The number of amides is 2. The second-order valence-corrected chi connectivity index (χ2v) is 10.9. The Hall–Kier alpha value is -4.84. The highest BCUT2D eigenvalue weighted by Gasteiger charge is 2.39. The molecule has 0 saturated carbocycles. The van der Waals surface area contributed by atoms with E-state index in [2.05, 4.69) is 39.3 Å². The van der Waals surface area contributed by atoms with Crippen molar-refractivity contribution < 1.29 is 18.8 Å². The fourth-order valence-electron chi connectivity index (χ4n) is 5.36. The van der Waals surface area contributed by atoms with Gasteiger partial charge < -0.3 is 14.8 Å². The SMILES string of the molecule is CC(=O)c1cn(CC(=O)N2C[C@H](F)C[C@H]2C(=O)NCCCCc2ccccc2)c2ccc(C#Cc3cnc(C)nc3)cc12. The van der Waals surface area contributed by atoms with E-state index in [1.54, 1.807) is 30.1 Å². The van der Waals surface area contributed by atoms with Crippen LogP contribution in [0.25, 0.3) is 10.9 Å². The number of aromatic nitrogens is 3. The summed E-state index contributed by atoms with van der Waals surface area (Å²) in [5, 5.41) is 3.56. The number of benzene rings is 2. The Balaban J connectivity index is 1.25. The Kier molecular flexibility index (Phi) is 9.26. The van der Waals surface area contributed by atoms with Gasteiger partial charge in [-0.1, -0.05) is 42.2 Å². The highest BCUT2D eigenvalue weighted by molar-refractivity contribution is 6.07. The zero-order valence-corrected chi connectivity index (χ0v) is 24.3. The number of fused-ring (bicyclic) bond motifs is 1. The van der Waals surface area contributed by atoms with Crippen LogP contribution in [0.5, 0.6) is 0 Å². The molecule has 2 amide bonds. The van der Waals surface area contributed by atoms with Crippen molar-refractivity contribution in [2.24, 2.45) is 0 Å². The molecule has 0 spiro atoms. The van der Waals surface area contributed by atoms with E-state index in [1.807, 2.05) is 36.4 Å². The number of hydrogen-bond donors (Lipinski definition) is 1. The number of unbranched alkanes of at least 4 members (excludes halogenated alkanes) is 1. The first-order chi connectivity index (χ1) is 20.8. The van der Waals surface area contributed by atoms with Crippen molar-refractivity contribution in [3.05, 3.63) is 95.2 Å². The summed E-state index contributed by atoms with van der Waals surface area (Å²) in [5.41, 5.74) is 3.75. The van der Waals surface area contributed by atoms with Crippen LogP contribution in [-0.2, 0) is 22.6 Å².